The fraction of sp³-hybridized carbons (Fsp3) is 0.407. The average Bonchev–Trinajstić information content (AvgIpc) is 3.61. The number of nitrogens with one attached hydrogen (secondary N) is 1. The summed E-state index contributed by atoms with van der Waals surface area (Å²) in [6.07, 6.45) is 4.31. The number of amides is 2. The number of halogens is 2. The van der Waals surface area contributed by atoms with Crippen LogP contribution < -0.4 is 39.8 Å². The van der Waals surface area contributed by atoms with Gasteiger partial charge in [0.15, 0.2) is 5.13 Å². The number of hydrogen-bond donors (Lipinski definition) is 2. The third kappa shape index (κ3) is 7.91. The molecule has 1 aromatic carbocycles. The Morgan fingerprint density at radius 3 is 2.69 bits per heavy atom. The van der Waals surface area contributed by atoms with Gasteiger partial charge in [0.2, 0.25) is 11.5 Å². The van der Waals surface area contributed by atoms with Gasteiger partial charge < -0.3 is 49.3 Å². The van der Waals surface area contributed by atoms with E-state index >= 15 is 0 Å². The Kier molecular flexibility index (Phi) is 11.4. The van der Waals surface area contributed by atoms with Crippen LogP contribution in [0, 0.1) is 0 Å². The van der Waals surface area contributed by atoms with Crippen molar-refractivity contribution >= 4 is 51.9 Å². The molecule has 14 nitrogen and oxygen atoms in total. The molecule has 3 aliphatic rings. The molecule has 4 heterocycles. The normalized spacial score (nSPS) is 22.4. The molecule has 242 valence electrons. The van der Waals surface area contributed by atoms with Gasteiger partial charge in [-0.15, -0.1) is 11.8 Å². The second-order valence-electron chi connectivity index (χ2n) is 10.4. The van der Waals surface area contributed by atoms with Gasteiger partial charge in [0.05, 0.1) is 21.2 Å². The standard InChI is InChI=1S/C27H30FN7O7S2.HI/c1-35(2)11-10-18(42-35)9-6-16-13-43-25-20(30-23(36)19(32-41-14-28)22-31-27(29)44-33-22)24(37)34(25)21(16)26(38)40-12-15-4-7-17(39-3)8-5-15;/h4-9,18,20,25H,10-14H2,1-3H3,(H2-,29,30,31,33,36);1H/b9-6+,32-19-;/t18-,20+,25+;/m0./s1. The van der Waals surface area contributed by atoms with Crippen molar-refractivity contribution in [2.24, 2.45) is 5.16 Å². The van der Waals surface area contributed by atoms with Gasteiger partial charge in [-0.25, -0.2) is 9.18 Å². The molecule has 0 aliphatic carbocycles. The number of thioether (sulfide) groups is 1. The number of β-lactam (4-membered cyclic amide) rings is 1. The highest BCUT2D eigenvalue weighted by Crippen LogP contribution is 2.41. The van der Waals surface area contributed by atoms with E-state index in [-0.39, 0.29) is 53.3 Å². The predicted octanol–water partition coefficient (Wildman–Crippen LogP) is -1.49. The van der Waals surface area contributed by atoms with E-state index in [1.165, 1.54) is 16.7 Å². The summed E-state index contributed by atoms with van der Waals surface area (Å²) in [6, 6.07) is 6.03. The van der Waals surface area contributed by atoms with Crippen LogP contribution in [0.2, 0.25) is 0 Å². The number of benzene rings is 1. The molecule has 2 fully saturated rings. The number of allylic oxidation sites excluding steroid dienone is 1. The van der Waals surface area contributed by atoms with E-state index in [0.29, 0.717) is 21.7 Å². The number of hydroxylamine groups is 3. The van der Waals surface area contributed by atoms with E-state index in [9.17, 15) is 18.8 Å². The summed E-state index contributed by atoms with van der Waals surface area (Å²) < 4.78 is 27.8. The lowest BCUT2D eigenvalue weighted by molar-refractivity contribution is -1.06. The van der Waals surface area contributed by atoms with Gasteiger partial charge >= 0.3 is 5.97 Å². The van der Waals surface area contributed by atoms with Crippen molar-refractivity contribution in [1.29, 1.82) is 0 Å². The fourth-order valence-electron chi connectivity index (χ4n) is 4.78. The predicted molar refractivity (Wildman–Crippen MR) is 158 cm³/mol. The highest BCUT2D eigenvalue weighted by molar-refractivity contribution is 8.00. The van der Waals surface area contributed by atoms with E-state index in [2.05, 4.69) is 24.7 Å². The van der Waals surface area contributed by atoms with E-state index in [4.69, 9.17) is 20.0 Å². The molecule has 0 saturated carbocycles. The molecule has 2 saturated heterocycles. The van der Waals surface area contributed by atoms with Crippen LogP contribution in [0.1, 0.15) is 17.8 Å². The van der Waals surface area contributed by atoms with Crippen molar-refractivity contribution < 1.29 is 66.5 Å². The summed E-state index contributed by atoms with van der Waals surface area (Å²) in [7, 11) is 5.48. The molecule has 1 aromatic heterocycles. The lowest BCUT2D eigenvalue weighted by Gasteiger charge is -2.49. The zero-order valence-corrected chi connectivity index (χ0v) is 28.3. The second-order valence-corrected chi connectivity index (χ2v) is 12.3. The maximum atomic E-state index is 13.5. The van der Waals surface area contributed by atoms with Crippen molar-refractivity contribution in [1.82, 2.24) is 19.6 Å². The van der Waals surface area contributed by atoms with Gasteiger partial charge in [0, 0.05) is 23.7 Å². The smallest absolute Gasteiger partial charge is 0.355 e. The maximum absolute atomic E-state index is 13.5. The number of quaternary nitrogens is 1. The molecule has 0 spiro atoms. The minimum absolute atomic E-state index is 0. The third-order valence-corrected chi connectivity index (χ3v) is 8.81. The number of carbonyl (C=O) groups excluding carboxylic acids is 3. The zero-order valence-electron chi connectivity index (χ0n) is 24.5. The van der Waals surface area contributed by atoms with E-state index in [0.717, 1.165) is 30.1 Å². The lowest BCUT2D eigenvalue weighted by atomic mass is 10.0. The minimum atomic E-state index is -1.30. The highest BCUT2D eigenvalue weighted by atomic mass is 127. The summed E-state index contributed by atoms with van der Waals surface area (Å²) in [5.74, 6) is -1.25. The number of oxime groups is 1. The van der Waals surface area contributed by atoms with E-state index < -0.39 is 41.8 Å². The highest BCUT2D eigenvalue weighted by Gasteiger charge is 2.54. The number of nitrogens with two attached hydrogens (primary N) is 1. The number of fused-ring (bicyclic) bond motifs is 1. The third-order valence-electron chi connectivity index (χ3n) is 6.96. The van der Waals surface area contributed by atoms with E-state index in [1.54, 1.807) is 37.5 Å². The van der Waals surface area contributed by atoms with Gasteiger partial charge in [-0.3, -0.25) is 14.5 Å². The molecule has 2 aromatic rings. The van der Waals surface area contributed by atoms with Crippen LogP contribution in [-0.4, -0.2) is 100 Å². The van der Waals surface area contributed by atoms with Crippen LogP contribution in [0.4, 0.5) is 9.52 Å². The molecule has 5 rings (SSSR count). The quantitative estimate of drug-likeness (QED) is 0.0683. The second kappa shape index (κ2) is 14.8. The Bertz CT molecular complexity index is 1520. The zero-order chi connectivity index (χ0) is 31.4. The summed E-state index contributed by atoms with van der Waals surface area (Å²) in [5.41, 5.74) is 6.58. The fourth-order valence-corrected chi connectivity index (χ4v) is 6.53. The molecule has 0 unspecified atom stereocenters. The van der Waals surface area contributed by atoms with Gasteiger partial charge in [0.1, 0.15) is 42.1 Å². The number of methoxy groups -OCH3 is 1. The molecular weight excluding hydrogens is 744 g/mol. The number of hydrogen-bond acceptors (Lipinski definition) is 13. The number of nitrogens with zero attached hydrogens (tertiary/aromatic N) is 5. The number of ether oxygens (including phenoxy) is 2. The first-order valence-corrected chi connectivity index (χ1v) is 15.3. The largest absolute Gasteiger partial charge is 1.00 e. The molecule has 3 atom stereocenters. The maximum Gasteiger partial charge on any atom is 0.355 e. The first-order chi connectivity index (χ1) is 21.1. The van der Waals surface area contributed by atoms with Crippen molar-refractivity contribution in [2.75, 3.05) is 46.1 Å². The van der Waals surface area contributed by atoms with Crippen LogP contribution in [-0.2, 0) is 35.4 Å². The molecule has 2 amide bonds. The molecule has 45 heavy (non-hydrogen) atoms. The lowest BCUT2D eigenvalue weighted by Crippen LogP contribution is -3.00. The Labute approximate surface area is 283 Å². The van der Waals surface area contributed by atoms with Gasteiger partial charge in [0.25, 0.3) is 18.7 Å². The Morgan fingerprint density at radius 1 is 1.31 bits per heavy atom. The average molecular weight is 776 g/mol. The van der Waals surface area contributed by atoms with E-state index in [1.807, 2.05) is 20.2 Å². The van der Waals surface area contributed by atoms with Crippen LogP contribution in [0.3, 0.4) is 0 Å². The number of carbonyl (C=O) groups is 3. The van der Waals surface area contributed by atoms with Crippen LogP contribution >= 0.6 is 23.3 Å². The number of nitrogen functional groups attached to an aromatic ring is 1. The Morgan fingerprint density at radius 2 is 2.07 bits per heavy atom. The summed E-state index contributed by atoms with van der Waals surface area (Å²) in [4.78, 5) is 55.7. The Hall–Kier alpha value is -3.33. The number of alkyl halides is 1. The van der Waals surface area contributed by atoms with Crippen molar-refractivity contribution in [2.45, 2.75) is 30.5 Å². The van der Waals surface area contributed by atoms with Crippen molar-refractivity contribution in [3.8, 4) is 5.75 Å². The van der Waals surface area contributed by atoms with Crippen molar-refractivity contribution in [3.05, 3.63) is 59.1 Å². The number of esters is 1. The summed E-state index contributed by atoms with van der Waals surface area (Å²) >= 11 is 2.17. The SMILES string of the molecule is COc1ccc(COC(=O)C2=C(/C=C/[C@H]3CC[N+](C)(C)O3)CS[C@@H]3[C@H](NC(=O)/C(=N\OCF)c4nsc(N)n4)C(=O)N23)cc1.[I-]. The van der Waals surface area contributed by atoms with Crippen molar-refractivity contribution in [3.63, 3.8) is 0 Å². The first kappa shape index (κ1) is 34.5. The van der Waals surface area contributed by atoms with Gasteiger partial charge in [-0.1, -0.05) is 23.4 Å². The number of aromatic nitrogens is 2. The van der Waals surface area contributed by atoms with Gasteiger partial charge in [-0.05, 0) is 29.3 Å². The van der Waals surface area contributed by atoms with Crippen LogP contribution in [0.15, 0.2) is 52.8 Å². The first-order valence-electron chi connectivity index (χ1n) is 13.4. The van der Waals surface area contributed by atoms with Gasteiger partial charge in [-0.2, -0.15) is 18.8 Å². The summed E-state index contributed by atoms with van der Waals surface area (Å²) in [5, 5.41) is 5.49. The molecule has 0 bridgehead atoms. The number of rotatable bonds is 11. The molecular formula is C27H31FIN7O7S2. The Balaban J connectivity index is 0.00000461. The molecule has 3 aliphatic heterocycles. The summed E-state index contributed by atoms with van der Waals surface area (Å²) in [6.45, 7) is -0.492. The molecule has 0 radical (unpaired) electrons. The van der Waals surface area contributed by atoms with Crippen LogP contribution in [0.25, 0.3) is 0 Å². The molecule has 3 N–H and O–H groups in total. The number of anilines is 1. The minimum Gasteiger partial charge on any atom is -1.00 e. The topological polar surface area (TPSA) is 168 Å². The van der Waals surface area contributed by atoms with Crippen LogP contribution in [0.5, 0.6) is 5.75 Å². The monoisotopic (exact) mass is 775 g/mol. The molecule has 18 heteroatoms.